The van der Waals surface area contributed by atoms with Crippen molar-refractivity contribution in [3.63, 3.8) is 0 Å². The molecule has 1 heterocycles. The molecule has 0 spiro atoms. The van der Waals surface area contributed by atoms with Gasteiger partial charge in [-0.25, -0.2) is 0 Å². The molecule has 2 rings (SSSR count). The van der Waals surface area contributed by atoms with Crippen molar-refractivity contribution in [1.29, 1.82) is 0 Å². The molecule has 0 aromatic heterocycles. The van der Waals surface area contributed by atoms with Gasteiger partial charge in [-0.05, 0) is 39.0 Å². The van der Waals surface area contributed by atoms with Gasteiger partial charge in [0.05, 0.1) is 0 Å². The first-order valence-corrected chi connectivity index (χ1v) is 7.67. The molecule has 0 bridgehead atoms. The Kier molecular flexibility index (Phi) is 4.57. The van der Waals surface area contributed by atoms with E-state index in [2.05, 4.69) is 30.6 Å². The number of hydrogen-bond acceptors (Lipinski definition) is 3. The summed E-state index contributed by atoms with van der Waals surface area (Å²) in [6.07, 6.45) is 0. The van der Waals surface area contributed by atoms with Gasteiger partial charge in [0.25, 0.3) is 0 Å². The van der Waals surface area contributed by atoms with E-state index < -0.39 is 0 Å². The van der Waals surface area contributed by atoms with Crippen LogP contribution < -0.4 is 10.6 Å². The van der Waals surface area contributed by atoms with Gasteiger partial charge in [-0.1, -0.05) is 23.8 Å². The molecule has 0 unspecified atom stereocenters. The molecule has 1 aliphatic heterocycles. The molecule has 0 amide bonds. The van der Waals surface area contributed by atoms with Crippen LogP contribution in [0.5, 0.6) is 0 Å². The summed E-state index contributed by atoms with van der Waals surface area (Å²) in [5.74, 6) is 0. The highest BCUT2D eigenvalue weighted by atomic mass is 35.5. The molecule has 0 aliphatic carbocycles. The Morgan fingerprint density at radius 2 is 1.80 bits per heavy atom. The largest absolute Gasteiger partial charge is 0.389 e. The van der Waals surface area contributed by atoms with Gasteiger partial charge >= 0.3 is 0 Å². The van der Waals surface area contributed by atoms with Crippen LogP contribution in [0, 0.1) is 0 Å². The third-order valence-corrected chi connectivity index (χ3v) is 4.25. The van der Waals surface area contributed by atoms with E-state index >= 15 is 0 Å². The maximum atomic E-state index is 6.12. The third kappa shape index (κ3) is 3.43. The second-order valence-electron chi connectivity index (χ2n) is 6.17. The topological polar surface area (TPSA) is 32.5 Å². The molecular formula is C15H22ClN3S. The Balaban J connectivity index is 2.18. The highest BCUT2D eigenvalue weighted by Crippen LogP contribution is 2.27. The summed E-state index contributed by atoms with van der Waals surface area (Å²) in [4.78, 5) is 5.24. The predicted octanol–water partition coefficient (Wildman–Crippen LogP) is 2.89. The van der Waals surface area contributed by atoms with E-state index in [0.29, 0.717) is 4.99 Å². The number of nitrogens with two attached hydrogens (primary N) is 1. The lowest BCUT2D eigenvalue weighted by Gasteiger charge is -2.43. The Bertz CT molecular complexity index is 502. The Morgan fingerprint density at radius 3 is 2.30 bits per heavy atom. The SMILES string of the molecule is CC(C)(C)N1CCN(c2cc(Cl)ccc2C(N)=S)CC1. The summed E-state index contributed by atoms with van der Waals surface area (Å²) in [7, 11) is 0. The molecule has 1 aromatic rings. The summed E-state index contributed by atoms with van der Waals surface area (Å²) in [6, 6.07) is 5.71. The first kappa shape index (κ1) is 15.5. The smallest absolute Gasteiger partial charge is 0.106 e. The minimum atomic E-state index is 0.215. The number of anilines is 1. The second kappa shape index (κ2) is 5.88. The molecule has 1 fully saturated rings. The lowest BCUT2D eigenvalue weighted by atomic mass is 10.0. The van der Waals surface area contributed by atoms with Crippen molar-refractivity contribution in [2.45, 2.75) is 26.3 Å². The standard InChI is InChI=1S/C15H22ClN3S/c1-15(2,3)19-8-6-18(7-9-19)13-10-11(16)4-5-12(13)14(17)20/h4-5,10H,6-9H2,1-3H3,(H2,17,20). The lowest BCUT2D eigenvalue weighted by Crippen LogP contribution is -2.53. The van der Waals surface area contributed by atoms with E-state index in [0.717, 1.165) is 42.5 Å². The Hall–Kier alpha value is -0.840. The summed E-state index contributed by atoms with van der Waals surface area (Å²) >= 11 is 11.3. The zero-order valence-electron chi connectivity index (χ0n) is 12.3. The molecule has 110 valence electrons. The van der Waals surface area contributed by atoms with Gasteiger partial charge in [0.1, 0.15) is 4.99 Å². The number of nitrogens with zero attached hydrogens (tertiary/aromatic N) is 2. The average Bonchev–Trinajstić information content (AvgIpc) is 2.37. The number of halogens is 1. The Morgan fingerprint density at radius 1 is 1.20 bits per heavy atom. The molecule has 0 radical (unpaired) electrons. The third-order valence-electron chi connectivity index (χ3n) is 3.79. The summed E-state index contributed by atoms with van der Waals surface area (Å²) in [5.41, 5.74) is 8.00. The van der Waals surface area contributed by atoms with Gasteiger partial charge in [-0.3, -0.25) is 4.90 Å². The fourth-order valence-corrected chi connectivity index (χ4v) is 2.93. The van der Waals surface area contributed by atoms with Crippen LogP contribution in [0.1, 0.15) is 26.3 Å². The number of piperazine rings is 1. The van der Waals surface area contributed by atoms with Crippen LogP contribution in [0.15, 0.2) is 18.2 Å². The van der Waals surface area contributed by atoms with Crippen LogP contribution >= 0.6 is 23.8 Å². The van der Waals surface area contributed by atoms with Crippen LogP contribution in [0.4, 0.5) is 5.69 Å². The summed E-state index contributed by atoms with van der Waals surface area (Å²) < 4.78 is 0. The molecule has 2 N–H and O–H groups in total. The molecule has 1 saturated heterocycles. The number of rotatable bonds is 2. The molecule has 0 atom stereocenters. The van der Waals surface area contributed by atoms with Crippen LogP contribution in [0.3, 0.4) is 0 Å². The number of benzene rings is 1. The van der Waals surface area contributed by atoms with Crippen molar-refractivity contribution in [1.82, 2.24) is 4.90 Å². The Labute approximate surface area is 131 Å². The van der Waals surface area contributed by atoms with Crippen LogP contribution in [0.2, 0.25) is 5.02 Å². The molecular weight excluding hydrogens is 290 g/mol. The van der Waals surface area contributed by atoms with E-state index in [-0.39, 0.29) is 5.54 Å². The zero-order chi connectivity index (χ0) is 14.9. The molecule has 3 nitrogen and oxygen atoms in total. The van der Waals surface area contributed by atoms with Gasteiger partial charge in [0.2, 0.25) is 0 Å². The van der Waals surface area contributed by atoms with Crippen molar-refractivity contribution in [3.05, 3.63) is 28.8 Å². The van der Waals surface area contributed by atoms with Crippen molar-refractivity contribution in [2.75, 3.05) is 31.1 Å². The van der Waals surface area contributed by atoms with E-state index in [1.54, 1.807) is 0 Å². The summed E-state index contributed by atoms with van der Waals surface area (Å²) in [5, 5.41) is 0.721. The van der Waals surface area contributed by atoms with E-state index in [1.165, 1.54) is 0 Å². The molecule has 1 aliphatic rings. The highest BCUT2D eigenvalue weighted by Gasteiger charge is 2.26. The minimum absolute atomic E-state index is 0.215. The fraction of sp³-hybridized carbons (Fsp3) is 0.533. The minimum Gasteiger partial charge on any atom is -0.389 e. The first-order valence-electron chi connectivity index (χ1n) is 6.88. The van der Waals surface area contributed by atoms with Crippen LogP contribution in [-0.4, -0.2) is 41.6 Å². The monoisotopic (exact) mass is 311 g/mol. The average molecular weight is 312 g/mol. The van der Waals surface area contributed by atoms with Gasteiger partial charge in [-0.2, -0.15) is 0 Å². The summed E-state index contributed by atoms with van der Waals surface area (Å²) in [6.45, 7) is 10.8. The molecule has 5 heteroatoms. The van der Waals surface area contributed by atoms with Crippen molar-refractivity contribution in [2.24, 2.45) is 5.73 Å². The van der Waals surface area contributed by atoms with E-state index in [1.807, 2.05) is 18.2 Å². The quantitative estimate of drug-likeness (QED) is 0.851. The normalized spacial score (nSPS) is 17.3. The van der Waals surface area contributed by atoms with Crippen molar-refractivity contribution >= 4 is 34.5 Å². The van der Waals surface area contributed by atoms with Gasteiger partial charge < -0.3 is 10.6 Å². The first-order chi connectivity index (χ1) is 9.29. The van der Waals surface area contributed by atoms with Crippen LogP contribution in [-0.2, 0) is 0 Å². The van der Waals surface area contributed by atoms with E-state index in [9.17, 15) is 0 Å². The number of thiocarbonyl (C=S) groups is 1. The van der Waals surface area contributed by atoms with Gasteiger partial charge in [0, 0.05) is 48.0 Å². The maximum absolute atomic E-state index is 6.12. The predicted molar refractivity (Wildman–Crippen MR) is 90.9 cm³/mol. The number of hydrogen-bond donors (Lipinski definition) is 1. The zero-order valence-corrected chi connectivity index (χ0v) is 13.9. The fourth-order valence-electron chi connectivity index (χ4n) is 2.59. The molecule has 0 saturated carbocycles. The molecule has 1 aromatic carbocycles. The van der Waals surface area contributed by atoms with Crippen molar-refractivity contribution in [3.8, 4) is 0 Å². The van der Waals surface area contributed by atoms with E-state index in [4.69, 9.17) is 29.6 Å². The van der Waals surface area contributed by atoms with Crippen LogP contribution in [0.25, 0.3) is 0 Å². The van der Waals surface area contributed by atoms with Gasteiger partial charge in [-0.15, -0.1) is 0 Å². The molecule has 20 heavy (non-hydrogen) atoms. The van der Waals surface area contributed by atoms with Gasteiger partial charge in [0.15, 0.2) is 0 Å². The highest BCUT2D eigenvalue weighted by molar-refractivity contribution is 7.80. The lowest BCUT2D eigenvalue weighted by molar-refractivity contribution is 0.128. The van der Waals surface area contributed by atoms with Crippen molar-refractivity contribution < 1.29 is 0 Å². The maximum Gasteiger partial charge on any atom is 0.106 e. The second-order valence-corrected chi connectivity index (χ2v) is 7.05.